The number of hydrogen-bond donors (Lipinski definition) is 7. The molecule has 2 bridgehead atoms. The molecule has 0 radical (unpaired) electrons. The summed E-state index contributed by atoms with van der Waals surface area (Å²) >= 11 is 0. The normalized spacial score (nSPS) is 30.6. The van der Waals surface area contributed by atoms with Gasteiger partial charge < -0.3 is 64.8 Å². The van der Waals surface area contributed by atoms with Gasteiger partial charge in [-0.05, 0) is 144 Å². The summed E-state index contributed by atoms with van der Waals surface area (Å²) in [5, 5.41) is 64.0. The van der Waals surface area contributed by atoms with Gasteiger partial charge >= 0.3 is 5.97 Å². The van der Waals surface area contributed by atoms with Crippen LogP contribution in [-0.4, -0.2) is 193 Å². The van der Waals surface area contributed by atoms with Crippen LogP contribution in [0.25, 0.3) is 0 Å². The van der Waals surface area contributed by atoms with Crippen molar-refractivity contribution in [2.75, 3.05) is 47.5 Å². The van der Waals surface area contributed by atoms with Crippen molar-refractivity contribution < 1.29 is 86.4 Å². The molecule has 16 atom stereocenters. The lowest BCUT2D eigenvalue weighted by molar-refractivity contribution is -0.301. The topological polar surface area (TPSA) is 314 Å². The quantitative estimate of drug-likeness (QED) is 0.0376. The Hall–Kier alpha value is -5.73. The van der Waals surface area contributed by atoms with E-state index < -0.39 is 118 Å². The maximum atomic E-state index is 14.7. The second-order valence-electron chi connectivity index (χ2n) is 26.7. The fraction of sp³-hybridized carbons (Fsp3) is 0.657. The van der Waals surface area contributed by atoms with E-state index in [9.17, 15) is 62.7 Å². The standard InChI is InChI=1S/C70H104N4O18S/c1-43(2)41-73(93(86,87)53-27-25-52(88-8)26-28-53)42-60(79)54(38-49-19-13-11-14-20-49)72-64(81)30-31-71-63(80)23-16-12-15-21-51-34-44(3)33-45(4)35-59(78)66-62(90-10)37-47(6)70(85,92-66)67(82)68(83)74-32-18-17-22-55(74)69(84)91-65(48(7)57(76)40-58(51)77)46(5)36-50-24-29-56(75)61(39-50)89-9/h11-15,19-20,25-28,34,36,43,45,47-48,50-51,54-57,59-62,65-66,75-76,78-79,85H,16-18,21-24,29-33,35,37-42H2,1-10H3,(H,71,80)(H,72,81)/b15-12+,44-34+,46-36+/t45-,47+,48+,50-,51+,54+,55-,56+,57-,59-,60-,61+,62-,65+,66+,70+/m0/s1. The lowest BCUT2D eigenvalue weighted by atomic mass is 9.81. The summed E-state index contributed by atoms with van der Waals surface area (Å²) in [6.07, 6.45) is 2.58. The van der Waals surface area contributed by atoms with Gasteiger partial charge in [0.05, 0.1) is 54.7 Å². The summed E-state index contributed by atoms with van der Waals surface area (Å²) in [5.74, 6) is -9.63. The molecule has 6 rings (SSSR count). The number of Topliss-reactive ketones (excluding diaryl/α,β-unsaturated/α-hetero) is 2. The van der Waals surface area contributed by atoms with E-state index in [4.69, 9.17) is 23.7 Å². The van der Waals surface area contributed by atoms with E-state index in [1.165, 1.54) is 37.8 Å². The molecule has 2 aromatic rings. The summed E-state index contributed by atoms with van der Waals surface area (Å²) in [4.78, 5) is 85.9. The number of carbonyl (C=O) groups excluding carboxylic acids is 6. The number of hydrogen-bond acceptors (Lipinski definition) is 18. The first-order valence-corrected chi connectivity index (χ1v) is 34.6. The van der Waals surface area contributed by atoms with Crippen molar-refractivity contribution in [3.05, 3.63) is 95.6 Å². The first-order chi connectivity index (χ1) is 44.1. The number of esters is 1. The second-order valence-corrected chi connectivity index (χ2v) is 28.6. The molecule has 3 aliphatic heterocycles. The number of nitrogens with zero attached hydrogens (tertiary/aromatic N) is 2. The van der Waals surface area contributed by atoms with E-state index in [2.05, 4.69) is 10.6 Å². The number of piperidine rings is 1. The molecule has 3 amide bonds. The molecule has 0 aromatic heterocycles. The van der Waals surface area contributed by atoms with Crippen LogP contribution in [0.3, 0.4) is 0 Å². The first kappa shape index (κ1) is 76.3. The lowest BCUT2D eigenvalue weighted by Gasteiger charge is -2.46. The molecule has 93 heavy (non-hydrogen) atoms. The minimum atomic E-state index is -4.07. The summed E-state index contributed by atoms with van der Waals surface area (Å²) in [6.45, 7) is 12.3. The van der Waals surface area contributed by atoms with Crippen LogP contribution >= 0.6 is 0 Å². The number of fused-ring (bicyclic) bond motifs is 3. The molecule has 3 heterocycles. The van der Waals surface area contributed by atoms with Crippen molar-refractivity contribution in [2.24, 2.45) is 35.5 Å². The van der Waals surface area contributed by atoms with Crippen molar-refractivity contribution in [3.8, 4) is 5.75 Å². The highest BCUT2D eigenvalue weighted by atomic mass is 32.2. The number of methoxy groups -OCH3 is 3. The molecular formula is C70H104N4O18S. The Kier molecular flexibility index (Phi) is 29.4. The number of benzene rings is 2. The zero-order valence-corrected chi connectivity index (χ0v) is 56.8. The van der Waals surface area contributed by atoms with E-state index in [0.29, 0.717) is 49.8 Å². The molecule has 518 valence electrons. The first-order valence-electron chi connectivity index (χ1n) is 33.1. The van der Waals surface area contributed by atoms with Gasteiger partial charge in [-0.1, -0.05) is 94.8 Å². The van der Waals surface area contributed by atoms with Crippen LogP contribution in [0.4, 0.5) is 0 Å². The predicted molar refractivity (Wildman–Crippen MR) is 348 cm³/mol. The molecule has 2 aromatic carbocycles. The smallest absolute Gasteiger partial charge is 0.329 e. The van der Waals surface area contributed by atoms with Gasteiger partial charge in [0.15, 0.2) is 0 Å². The highest BCUT2D eigenvalue weighted by Crippen LogP contribution is 2.39. The van der Waals surface area contributed by atoms with Gasteiger partial charge in [-0.25, -0.2) is 13.2 Å². The Bertz CT molecular complexity index is 3000. The number of aliphatic hydroxyl groups excluding tert-OH is 4. The molecule has 0 unspecified atom stereocenters. The third-order valence-electron chi connectivity index (χ3n) is 18.7. The van der Waals surface area contributed by atoms with Gasteiger partial charge in [-0.2, -0.15) is 4.31 Å². The number of ether oxygens (including phenoxy) is 5. The number of carbonyl (C=O) groups is 6. The van der Waals surface area contributed by atoms with E-state index >= 15 is 0 Å². The Labute approximate surface area is 549 Å². The molecule has 23 heteroatoms. The predicted octanol–water partition coefficient (Wildman–Crippen LogP) is 6.09. The number of amides is 3. The maximum Gasteiger partial charge on any atom is 0.329 e. The van der Waals surface area contributed by atoms with Crippen LogP contribution in [0.2, 0.25) is 0 Å². The van der Waals surface area contributed by atoms with Crippen LogP contribution in [0.5, 0.6) is 5.75 Å². The minimum Gasteiger partial charge on any atom is -0.497 e. The molecule has 7 N–H and O–H groups in total. The Balaban J connectivity index is 1.16. The van der Waals surface area contributed by atoms with E-state index in [-0.39, 0.29) is 118 Å². The average molecular weight is 1320 g/mol. The van der Waals surface area contributed by atoms with Gasteiger partial charge in [-0.15, -0.1) is 0 Å². The number of ketones is 2. The Morgan fingerprint density at radius 3 is 2.20 bits per heavy atom. The van der Waals surface area contributed by atoms with Crippen molar-refractivity contribution in [1.29, 1.82) is 0 Å². The molecule has 2 saturated heterocycles. The van der Waals surface area contributed by atoms with Crippen LogP contribution < -0.4 is 15.4 Å². The molecule has 0 spiro atoms. The highest BCUT2D eigenvalue weighted by molar-refractivity contribution is 7.89. The third kappa shape index (κ3) is 21.4. The number of nitrogens with one attached hydrogen (secondary N) is 2. The number of allylic oxidation sites excluding steroid dienone is 5. The summed E-state index contributed by atoms with van der Waals surface area (Å²) in [6, 6.07) is 13.0. The van der Waals surface area contributed by atoms with Crippen molar-refractivity contribution >= 4 is 45.3 Å². The van der Waals surface area contributed by atoms with Crippen LogP contribution in [0.15, 0.2) is 94.9 Å². The number of cyclic esters (lactones) is 1. The molecular weight excluding hydrogens is 1220 g/mol. The van der Waals surface area contributed by atoms with Crippen LogP contribution in [-0.2, 0) is 64.2 Å². The van der Waals surface area contributed by atoms with Crippen LogP contribution in [0, 0.1) is 35.5 Å². The Morgan fingerprint density at radius 2 is 1.54 bits per heavy atom. The van der Waals surface area contributed by atoms with Gasteiger partial charge in [0.25, 0.3) is 11.7 Å². The SMILES string of the molecule is COc1ccc(S(=O)(=O)N(CC(C)C)C[C@H](O)[C@@H](Cc2ccccc2)NC(=O)CCNC(=O)CC/C=C/C[C@@H]2/C=C(\C)C[C@H](C)C[C@H](O)[C@H]3O[C@@](O)(C(=O)C(=O)N4CCCC[C@H]4C(=O)O[C@H](/C(C)=C/[C@@H]4CC[C@@H](O)[C@H](OC)C4)[C@H](C)[C@@H](O)CC2=O)[C@H](C)C[C@@H]3OC)cc1. The largest absolute Gasteiger partial charge is 0.497 e. The Morgan fingerprint density at radius 1 is 0.839 bits per heavy atom. The van der Waals surface area contributed by atoms with Crippen LogP contribution in [0.1, 0.15) is 144 Å². The third-order valence-corrected chi connectivity index (χ3v) is 20.6. The molecule has 3 fully saturated rings. The van der Waals surface area contributed by atoms with E-state index in [0.717, 1.165) is 16.0 Å². The fourth-order valence-corrected chi connectivity index (χ4v) is 15.0. The van der Waals surface area contributed by atoms with Crippen molar-refractivity contribution in [2.45, 2.75) is 216 Å². The van der Waals surface area contributed by atoms with Crippen molar-refractivity contribution in [3.63, 3.8) is 0 Å². The second kappa shape index (κ2) is 35.9. The van der Waals surface area contributed by atoms with Gasteiger partial charge in [-0.3, -0.25) is 24.0 Å². The summed E-state index contributed by atoms with van der Waals surface area (Å²) < 4.78 is 58.1. The van der Waals surface area contributed by atoms with Crippen molar-refractivity contribution in [1.82, 2.24) is 19.8 Å². The van der Waals surface area contributed by atoms with Gasteiger partial charge in [0.2, 0.25) is 27.6 Å². The molecule has 4 aliphatic rings. The number of sulfonamides is 1. The fourth-order valence-electron chi connectivity index (χ4n) is 13.4. The molecule has 22 nitrogen and oxygen atoms in total. The lowest BCUT2D eigenvalue weighted by Crippen LogP contribution is -2.64. The number of aliphatic hydroxyl groups is 5. The number of rotatable bonds is 23. The molecule has 1 aliphatic carbocycles. The van der Waals surface area contributed by atoms with E-state index in [1.807, 2.05) is 70.2 Å². The summed E-state index contributed by atoms with van der Waals surface area (Å²) in [7, 11) is 0.369. The van der Waals surface area contributed by atoms with Gasteiger partial charge in [0.1, 0.15) is 29.8 Å². The zero-order chi connectivity index (χ0) is 68.3. The molecule has 1 saturated carbocycles. The summed E-state index contributed by atoms with van der Waals surface area (Å²) in [5.41, 5.74) is 2.16. The minimum absolute atomic E-state index is 0.000859. The maximum absolute atomic E-state index is 14.7. The monoisotopic (exact) mass is 1320 g/mol. The van der Waals surface area contributed by atoms with Gasteiger partial charge in [0, 0.05) is 77.4 Å². The zero-order valence-electron chi connectivity index (χ0n) is 56.0. The van der Waals surface area contributed by atoms with E-state index in [1.54, 1.807) is 45.1 Å². The average Bonchev–Trinajstić information content (AvgIpc) is 0.825. The highest BCUT2D eigenvalue weighted by Gasteiger charge is 2.56.